The van der Waals surface area contributed by atoms with Crippen molar-refractivity contribution in [3.8, 4) is 0 Å². The normalized spacial score (nSPS) is 11.6. The van der Waals surface area contributed by atoms with Crippen LogP contribution in [0.5, 0.6) is 0 Å². The molecule has 0 bridgehead atoms. The molecule has 0 spiro atoms. The highest BCUT2D eigenvalue weighted by Gasteiger charge is 2.30. The van der Waals surface area contributed by atoms with Crippen LogP contribution >= 0.6 is 11.3 Å². The average Bonchev–Trinajstić information content (AvgIpc) is 2.95. The summed E-state index contributed by atoms with van der Waals surface area (Å²) in [6.07, 6.45) is -3.26. The van der Waals surface area contributed by atoms with Crippen molar-refractivity contribution in [1.82, 2.24) is 5.43 Å². The molecule has 1 aromatic heterocycles. The van der Waals surface area contributed by atoms with Crippen molar-refractivity contribution in [1.29, 1.82) is 0 Å². The number of hydrazone groups is 1. The van der Waals surface area contributed by atoms with Crippen molar-refractivity contribution in [2.45, 2.75) is 6.18 Å². The number of thiophene rings is 1. The molecular weight excluding hydrogens is 335 g/mol. The summed E-state index contributed by atoms with van der Waals surface area (Å²) in [6, 6.07) is 6.40. The lowest BCUT2D eigenvalue weighted by Crippen LogP contribution is -2.17. The quantitative estimate of drug-likeness (QED) is 0.524. The van der Waals surface area contributed by atoms with Crippen LogP contribution in [0.25, 0.3) is 0 Å². The van der Waals surface area contributed by atoms with Crippen LogP contribution in [0.3, 0.4) is 0 Å². The zero-order chi connectivity index (χ0) is 17.0. The van der Waals surface area contributed by atoms with E-state index in [1.54, 1.807) is 0 Å². The minimum absolute atomic E-state index is 0.00677. The maximum absolute atomic E-state index is 12.4. The van der Waals surface area contributed by atoms with Gasteiger partial charge in [0.25, 0.3) is 5.91 Å². The molecule has 2 rings (SSSR count). The highest BCUT2D eigenvalue weighted by molar-refractivity contribution is 7.16. The van der Waals surface area contributed by atoms with E-state index in [1.165, 1.54) is 18.3 Å². The molecule has 1 aromatic carbocycles. The summed E-state index contributed by atoms with van der Waals surface area (Å²) in [6.45, 7) is 0. The van der Waals surface area contributed by atoms with Crippen molar-refractivity contribution in [3.63, 3.8) is 0 Å². The number of amides is 1. The third-order valence-corrected chi connectivity index (χ3v) is 3.60. The molecule has 1 N–H and O–H groups in total. The molecule has 0 aliphatic carbocycles. The van der Waals surface area contributed by atoms with Crippen LogP contribution < -0.4 is 5.43 Å². The first-order chi connectivity index (χ1) is 10.8. The third-order valence-electron chi connectivity index (χ3n) is 2.62. The van der Waals surface area contributed by atoms with Crippen LogP contribution in [-0.2, 0) is 6.18 Å². The van der Waals surface area contributed by atoms with Crippen molar-refractivity contribution in [3.05, 3.63) is 62.5 Å². The second-order valence-electron chi connectivity index (χ2n) is 4.21. The Labute approximate surface area is 131 Å². The molecule has 6 nitrogen and oxygen atoms in total. The molecule has 0 unspecified atom stereocenters. The van der Waals surface area contributed by atoms with Gasteiger partial charge in [0.2, 0.25) is 0 Å². The van der Waals surface area contributed by atoms with Crippen molar-refractivity contribution in [2.75, 3.05) is 0 Å². The lowest BCUT2D eigenvalue weighted by atomic mass is 10.1. The summed E-state index contributed by atoms with van der Waals surface area (Å²) >= 11 is 0.868. The summed E-state index contributed by atoms with van der Waals surface area (Å²) in [5, 5.41) is 14.0. The molecule has 0 radical (unpaired) electrons. The monoisotopic (exact) mass is 343 g/mol. The van der Waals surface area contributed by atoms with Crippen molar-refractivity contribution in [2.24, 2.45) is 5.10 Å². The van der Waals surface area contributed by atoms with Crippen molar-refractivity contribution >= 4 is 28.5 Å². The summed E-state index contributed by atoms with van der Waals surface area (Å²) in [4.78, 5) is 22.1. The minimum Gasteiger partial charge on any atom is -0.267 e. The van der Waals surface area contributed by atoms with Gasteiger partial charge in [0, 0.05) is 11.6 Å². The molecule has 1 amide bonds. The van der Waals surface area contributed by atoms with Crippen LogP contribution in [0.1, 0.15) is 20.8 Å². The summed E-state index contributed by atoms with van der Waals surface area (Å²) < 4.78 is 37.2. The Morgan fingerprint density at radius 1 is 1.22 bits per heavy atom. The second kappa shape index (κ2) is 6.57. The van der Waals surface area contributed by atoms with E-state index in [2.05, 4.69) is 10.5 Å². The van der Waals surface area contributed by atoms with E-state index < -0.39 is 22.6 Å². The summed E-state index contributed by atoms with van der Waals surface area (Å²) in [5.74, 6) is -0.693. The number of hydrogen-bond donors (Lipinski definition) is 1. The molecule has 0 saturated heterocycles. The van der Waals surface area contributed by atoms with E-state index in [4.69, 9.17) is 0 Å². The molecule has 23 heavy (non-hydrogen) atoms. The molecule has 0 atom stereocenters. The highest BCUT2D eigenvalue weighted by Crippen LogP contribution is 2.29. The zero-order valence-electron chi connectivity index (χ0n) is 11.2. The van der Waals surface area contributed by atoms with Gasteiger partial charge < -0.3 is 0 Å². The molecular formula is C13H8F3N3O3S. The molecule has 120 valence electrons. The van der Waals surface area contributed by atoms with Gasteiger partial charge in [0.15, 0.2) is 0 Å². The summed E-state index contributed by atoms with van der Waals surface area (Å²) in [5.41, 5.74) is 1.28. The maximum atomic E-state index is 12.4. The van der Waals surface area contributed by atoms with Gasteiger partial charge in [-0.2, -0.15) is 18.3 Å². The molecule has 0 fully saturated rings. The number of nitrogens with zero attached hydrogens (tertiary/aromatic N) is 2. The molecule has 0 saturated carbocycles. The van der Waals surface area contributed by atoms with E-state index in [1.807, 2.05) is 0 Å². The number of hydrogen-bond acceptors (Lipinski definition) is 5. The first-order valence-corrected chi connectivity index (χ1v) is 6.84. The number of carbonyl (C=O) groups excluding carboxylic acids is 1. The van der Waals surface area contributed by atoms with Crippen LogP contribution in [0.15, 0.2) is 41.5 Å². The number of carbonyl (C=O) groups is 1. The minimum atomic E-state index is -4.47. The van der Waals surface area contributed by atoms with E-state index in [0.29, 0.717) is 4.88 Å². The number of nitrogens with one attached hydrogen (secondary N) is 1. The Balaban J connectivity index is 1.98. The standard InChI is InChI=1S/C13H8F3N3O3S/c14-13(15,16)9-3-1-8(2-4-9)12(20)18-17-7-10-5-6-11(23-10)19(21)22/h1-7H,(H,18,20)/b17-7+. The highest BCUT2D eigenvalue weighted by atomic mass is 32.1. The molecule has 1 heterocycles. The predicted molar refractivity (Wildman–Crippen MR) is 77.5 cm³/mol. The first kappa shape index (κ1) is 16.6. The Bertz CT molecular complexity index is 754. The smallest absolute Gasteiger partial charge is 0.267 e. The molecule has 0 aliphatic rings. The van der Waals surface area contributed by atoms with E-state index in [0.717, 1.165) is 35.6 Å². The van der Waals surface area contributed by atoms with Gasteiger partial charge in [0.05, 0.1) is 21.6 Å². The van der Waals surface area contributed by atoms with Gasteiger partial charge in [-0.15, -0.1) is 0 Å². The van der Waals surface area contributed by atoms with Crippen LogP contribution in [0.4, 0.5) is 18.2 Å². The van der Waals surface area contributed by atoms with Gasteiger partial charge in [-0.3, -0.25) is 14.9 Å². The van der Waals surface area contributed by atoms with Crippen LogP contribution in [-0.4, -0.2) is 17.0 Å². The topological polar surface area (TPSA) is 84.6 Å². The van der Waals surface area contributed by atoms with Crippen LogP contribution in [0.2, 0.25) is 0 Å². The number of rotatable bonds is 4. The third kappa shape index (κ3) is 4.36. The van der Waals surface area contributed by atoms with Gasteiger partial charge >= 0.3 is 11.2 Å². The number of benzene rings is 1. The fraction of sp³-hybridized carbons (Fsp3) is 0.0769. The molecule has 2 aromatic rings. The maximum Gasteiger partial charge on any atom is 0.416 e. The lowest BCUT2D eigenvalue weighted by Gasteiger charge is -2.06. The lowest BCUT2D eigenvalue weighted by molar-refractivity contribution is -0.380. The first-order valence-electron chi connectivity index (χ1n) is 6.02. The van der Waals surface area contributed by atoms with Gasteiger partial charge in [-0.05, 0) is 30.3 Å². The molecule has 10 heteroatoms. The van der Waals surface area contributed by atoms with Crippen molar-refractivity contribution < 1.29 is 22.9 Å². The van der Waals surface area contributed by atoms with E-state index in [-0.39, 0.29) is 10.6 Å². The Hall–Kier alpha value is -2.75. The average molecular weight is 343 g/mol. The number of alkyl halides is 3. The largest absolute Gasteiger partial charge is 0.416 e. The molecule has 0 aliphatic heterocycles. The predicted octanol–water partition coefficient (Wildman–Crippen LogP) is 3.44. The fourth-order valence-electron chi connectivity index (χ4n) is 1.54. The van der Waals surface area contributed by atoms with E-state index >= 15 is 0 Å². The number of nitro groups is 1. The van der Waals surface area contributed by atoms with Gasteiger partial charge in [0.1, 0.15) is 0 Å². The Morgan fingerprint density at radius 3 is 2.39 bits per heavy atom. The number of halogens is 3. The Morgan fingerprint density at radius 2 is 1.87 bits per heavy atom. The zero-order valence-corrected chi connectivity index (χ0v) is 12.0. The van der Waals surface area contributed by atoms with Gasteiger partial charge in [-0.25, -0.2) is 5.43 Å². The fourth-order valence-corrected chi connectivity index (χ4v) is 2.23. The summed E-state index contributed by atoms with van der Waals surface area (Å²) in [7, 11) is 0. The van der Waals surface area contributed by atoms with Crippen LogP contribution in [0, 0.1) is 10.1 Å². The van der Waals surface area contributed by atoms with Gasteiger partial charge in [-0.1, -0.05) is 11.3 Å². The van der Waals surface area contributed by atoms with E-state index in [9.17, 15) is 28.1 Å². The Kier molecular flexibility index (Phi) is 4.74. The SMILES string of the molecule is O=C(N/N=C/c1ccc([N+](=O)[O-])s1)c1ccc(C(F)(F)F)cc1. The second-order valence-corrected chi connectivity index (χ2v) is 5.30.